The van der Waals surface area contributed by atoms with Crippen LogP contribution >= 0.6 is 0 Å². The molecule has 1 fully saturated rings. The minimum atomic E-state index is -0.408. The quantitative estimate of drug-likeness (QED) is 0.855. The Morgan fingerprint density at radius 2 is 2.00 bits per heavy atom. The van der Waals surface area contributed by atoms with Crippen LogP contribution in [-0.4, -0.2) is 56.2 Å². The second-order valence-electron chi connectivity index (χ2n) is 5.40. The number of methoxy groups -OCH3 is 1. The van der Waals surface area contributed by atoms with Crippen molar-refractivity contribution < 1.29 is 19.1 Å². The molecule has 0 spiro atoms. The number of benzene rings is 1. The zero-order chi connectivity index (χ0) is 16.8. The lowest BCUT2D eigenvalue weighted by atomic mass is 10.2. The number of morpholine rings is 1. The highest BCUT2D eigenvalue weighted by atomic mass is 16.5. The van der Waals surface area contributed by atoms with E-state index in [0.29, 0.717) is 43.4 Å². The molecular formula is C16H23N3O4. The summed E-state index contributed by atoms with van der Waals surface area (Å²) in [7, 11) is 1.56. The van der Waals surface area contributed by atoms with E-state index in [1.807, 2.05) is 6.92 Å². The van der Waals surface area contributed by atoms with Gasteiger partial charge in [-0.1, -0.05) is 0 Å². The predicted molar refractivity (Wildman–Crippen MR) is 87.8 cm³/mol. The van der Waals surface area contributed by atoms with E-state index in [0.717, 1.165) is 0 Å². The third kappa shape index (κ3) is 4.59. The first-order valence-corrected chi connectivity index (χ1v) is 7.60. The van der Waals surface area contributed by atoms with Gasteiger partial charge in [-0.05, 0) is 25.1 Å². The summed E-state index contributed by atoms with van der Waals surface area (Å²) in [6, 6.07) is 4.84. The minimum Gasteiger partial charge on any atom is -0.495 e. The van der Waals surface area contributed by atoms with E-state index in [-0.39, 0.29) is 11.8 Å². The van der Waals surface area contributed by atoms with E-state index >= 15 is 0 Å². The molecule has 0 unspecified atom stereocenters. The van der Waals surface area contributed by atoms with Crippen molar-refractivity contribution in [2.45, 2.75) is 19.9 Å². The molecule has 2 rings (SSSR count). The monoisotopic (exact) mass is 321 g/mol. The number of nitrogens with one attached hydrogen (secondary N) is 2. The zero-order valence-corrected chi connectivity index (χ0v) is 13.7. The summed E-state index contributed by atoms with van der Waals surface area (Å²) in [5.74, 6) is 0.472. The number of hydrogen-bond donors (Lipinski definition) is 2. The molecule has 2 amide bonds. The van der Waals surface area contributed by atoms with Crippen molar-refractivity contribution in [2.24, 2.45) is 0 Å². The molecule has 7 nitrogen and oxygen atoms in total. The topological polar surface area (TPSA) is 79.9 Å². The van der Waals surface area contributed by atoms with Gasteiger partial charge in [0.25, 0.3) is 0 Å². The summed E-state index contributed by atoms with van der Waals surface area (Å²) in [5, 5.41) is 5.88. The maximum Gasteiger partial charge on any atom is 0.244 e. The number of carbonyl (C=O) groups is 2. The molecule has 1 aliphatic heterocycles. The highest BCUT2D eigenvalue weighted by Gasteiger charge is 2.23. The van der Waals surface area contributed by atoms with Gasteiger partial charge in [0.15, 0.2) is 0 Å². The van der Waals surface area contributed by atoms with Crippen molar-refractivity contribution in [3.8, 4) is 5.75 Å². The Balaban J connectivity index is 2.10. The maximum absolute atomic E-state index is 12.5. The molecule has 2 N–H and O–H groups in total. The van der Waals surface area contributed by atoms with Crippen LogP contribution in [0.25, 0.3) is 0 Å². The summed E-state index contributed by atoms with van der Waals surface area (Å²) < 4.78 is 10.6. The number of ether oxygens (including phenoxy) is 2. The number of hydrogen-bond acceptors (Lipinski definition) is 5. The molecule has 1 aliphatic rings. The van der Waals surface area contributed by atoms with E-state index in [2.05, 4.69) is 10.6 Å². The summed E-state index contributed by atoms with van der Waals surface area (Å²) in [6.07, 6.45) is 0. The van der Waals surface area contributed by atoms with Gasteiger partial charge in [-0.25, -0.2) is 0 Å². The van der Waals surface area contributed by atoms with E-state index in [4.69, 9.17) is 9.47 Å². The molecule has 7 heteroatoms. The minimum absolute atomic E-state index is 0.0142. The van der Waals surface area contributed by atoms with Crippen LogP contribution in [0.5, 0.6) is 5.75 Å². The van der Waals surface area contributed by atoms with E-state index in [1.165, 1.54) is 6.92 Å². The van der Waals surface area contributed by atoms with E-state index in [9.17, 15) is 9.59 Å². The Hall–Kier alpha value is -2.28. The Morgan fingerprint density at radius 3 is 2.61 bits per heavy atom. The second kappa shape index (κ2) is 7.82. The fourth-order valence-electron chi connectivity index (χ4n) is 2.45. The first kappa shape index (κ1) is 17.1. The molecule has 1 aromatic rings. The summed E-state index contributed by atoms with van der Waals surface area (Å²) in [5.41, 5.74) is 1.31. The fraction of sp³-hybridized carbons (Fsp3) is 0.500. The third-order valence-corrected chi connectivity index (χ3v) is 3.59. The first-order valence-electron chi connectivity index (χ1n) is 7.60. The van der Waals surface area contributed by atoms with Crippen molar-refractivity contribution in [1.29, 1.82) is 0 Å². The van der Waals surface area contributed by atoms with Crippen molar-refractivity contribution in [3.63, 3.8) is 0 Å². The van der Waals surface area contributed by atoms with Gasteiger partial charge in [0.2, 0.25) is 11.8 Å². The van der Waals surface area contributed by atoms with Crippen LogP contribution in [0.3, 0.4) is 0 Å². The van der Waals surface area contributed by atoms with Gasteiger partial charge in [-0.2, -0.15) is 0 Å². The number of amides is 2. The van der Waals surface area contributed by atoms with Crippen LogP contribution in [-0.2, 0) is 14.3 Å². The first-order chi connectivity index (χ1) is 11.0. The SMILES string of the molecule is COc1ccc(NC(C)=O)cc1N[C@@H](C)C(=O)N1CCOCC1. The second-order valence-corrected chi connectivity index (χ2v) is 5.40. The molecule has 1 aromatic carbocycles. The highest BCUT2D eigenvalue weighted by molar-refractivity contribution is 5.90. The lowest BCUT2D eigenvalue weighted by Gasteiger charge is -2.30. The van der Waals surface area contributed by atoms with Gasteiger partial charge in [0.05, 0.1) is 26.0 Å². The molecule has 1 saturated heterocycles. The summed E-state index contributed by atoms with van der Waals surface area (Å²) in [4.78, 5) is 25.4. The lowest BCUT2D eigenvalue weighted by Crippen LogP contribution is -2.47. The Bertz CT molecular complexity index is 570. The fourth-order valence-corrected chi connectivity index (χ4v) is 2.45. The Labute approximate surface area is 135 Å². The Morgan fingerprint density at radius 1 is 1.30 bits per heavy atom. The molecule has 0 aliphatic carbocycles. The standard InChI is InChI=1S/C16H23N3O4/c1-11(16(21)19-6-8-23-9-7-19)17-14-10-13(18-12(2)20)4-5-15(14)22-3/h4-5,10-11,17H,6-9H2,1-3H3,(H,18,20)/t11-/m0/s1. The van der Waals surface area contributed by atoms with Gasteiger partial charge >= 0.3 is 0 Å². The lowest BCUT2D eigenvalue weighted by molar-refractivity contribution is -0.135. The molecule has 1 atom stereocenters. The molecule has 23 heavy (non-hydrogen) atoms. The molecule has 0 saturated carbocycles. The smallest absolute Gasteiger partial charge is 0.244 e. The maximum atomic E-state index is 12.5. The van der Waals surface area contributed by atoms with Crippen LogP contribution in [0.4, 0.5) is 11.4 Å². The van der Waals surface area contributed by atoms with Crippen LogP contribution in [0.15, 0.2) is 18.2 Å². The van der Waals surface area contributed by atoms with Gasteiger partial charge in [0, 0.05) is 25.7 Å². The third-order valence-electron chi connectivity index (χ3n) is 3.59. The predicted octanol–water partition coefficient (Wildman–Crippen LogP) is 1.31. The van der Waals surface area contributed by atoms with E-state index < -0.39 is 6.04 Å². The molecule has 126 valence electrons. The van der Waals surface area contributed by atoms with Gasteiger partial charge in [-0.3, -0.25) is 9.59 Å². The number of rotatable bonds is 5. The number of nitrogens with zero attached hydrogens (tertiary/aromatic N) is 1. The highest BCUT2D eigenvalue weighted by Crippen LogP contribution is 2.28. The molecule has 0 radical (unpaired) electrons. The normalized spacial score (nSPS) is 15.7. The van der Waals surface area contributed by atoms with Crippen molar-refractivity contribution >= 4 is 23.2 Å². The molecular weight excluding hydrogens is 298 g/mol. The zero-order valence-electron chi connectivity index (χ0n) is 13.7. The number of anilines is 2. The average molecular weight is 321 g/mol. The van der Waals surface area contributed by atoms with Gasteiger partial charge in [0.1, 0.15) is 11.8 Å². The van der Waals surface area contributed by atoms with Crippen molar-refractivity contribution in [3.05, 3.63) is 18.2 Å². The van der Waals surface area contributed by atoms with Crippen molar-refractivity contribution in [1.82, 2.24) is 4.90 Å². The molecule has 0 aromatic heterocycles. The Kier molecular flexibility index (Phi) is 5.81. The molecule has 1 heterocycles. The largest absolute Gasteiger partial charge is 0.495 e. The van der Waals surface area contributed by atoms with Gasteiger partial charge < -0.3 is 25.0 Å². The van der Waals surface area contributed by atoms with E-state index in [1.54, 1.807) is 30.2 Å². The summed E-state index contributed by atoms with van der Waals surface area (Å²) >= 11 is 0. The van der Waals surface area contributed by atoms with Crippen LogP contribution in [0, 0.1) is 0 Å². The number of carbonyl (C=O) groups excluding carboxylic acids is 2. The van der Waals surface area contributed by atoms with Crippen LogP contribution in [0.2, 0.25) is 0 Å². The van der Waals surface area contributed by atoms with Crippen LogP contribution in [0.1, 0.15) is 13.8 Å². The van der Waals surface area contributed by atoms with Crippen molar-refractivity contribution in [2.75, 3.05) is 44.0 Å². The molecule has 0 bridgehead atoms. The van der Waals surface area contributed by atoms with Crippen LogP contribution < -0.4 is 15.4 Å². The average Bonchev–Trinajstić information content (AvgIpc) is 2.54. The summed E-state index contributed by atoms with van der Waals surface area (Å²) in [6.45, 7) is 5.60. The van der Waals surface area contributed by atoms with Gasteiger partial charge in [-0.15, -0.1) is 0 Å².